The Morgan fingerprint density at radius 2 is 2.22 bits per heavy atom. The van der Waals surface area contributed by atoms with Gasteiger partial charge in [0.05, 0.1) is 5.92 Å². The van der Waals surface area contributed by atoms with Gasteiger partial charge in [-0.15, -0.1) is 0 Å². The zero-order chi connectivity index (χ0) is 13.1. The SMILES string of the molecule is CCC(N)C(C)c1nc(-c2ncccc2C)no1. The third kappa shape index (κ3) is 2.41. The summed E-state index contributed by atoms with van der Waals surface area (Å²) in [4.78, 5) is 8.66. The van der Waals surface area contributed by atoms with Crippen molar-refractivity contribution in [3.63, 3.8) is 0 Å². The van der Waals surface area contributed by atoms with Crippen molar-refractivity contribution < 1.29 is 4.52 Å². The molecule has 0 aliphatic carbocycles. The summed E-state index contributed by atoms with van der Waals surface area (Å²) in [6.07, 6.45) is 2.60. The molecule has 2 heterocycles. The van der Waals surface area contributed by atoms with Gasteiger partial charge in [0, 0.05) is 12.2 Å². The Kier molecular flexibility index (Phi) is 3.72. The van der Waals surface area contributed by atoms with Gasteiger partial charge in [-0.1, -0.05) is 25.1 Å². The fourth-order valence-corrected chi connectivity index (χ4v) is 1.77. The van der Waals surface area contributed by atoms with Crippen LogP contribution >= 0.6 is 0 Å². The maximum Gasteiger partial charge on any atom is 0.231 e. The summed E-state index contributed by atoms with van der Waals surface area (Å²) < 4.78 is 5.28. The Bertz CT molecular complexity index is 523. The van der Waals surface area contributed by atoms with Crippen molar-refractivity contribution in [2.45, 2.75) is 39.2 Å². The highest BCUT2D eigenvalue weighted by Gasteiger charge is 2.21. The highest BCUT2D eigenvalue weighted by atomic mass is 16.5. The molecule has 96 valence electrons. The summed E-state index contributed by atoms with van der Waals surface area (Å²) >= 11 is 0. The lowest BCUT2D eigenvalue weighted by molar-refractivity contribution is 0.340. The number of aromatic nitrogens is 3. The zero-order valence-electron chi connectivity index (χ0n) is 10.9. The average Bonchev–Trinajstić information content (AvgIpc) is 2.87. The van der Waals surface area contributed by atoms with E-state index in [4.69, 9.17) is 10.3 Å². The predicted molar refractivity (Wildman–Crippen MR) is 68.9 cm³/mol. The van der Waals surface area contributed by atoms with Crippen molar-refractivity contribution in [2.75, 3.05) is 0 Å². The van der Waals surface area contributed by atoms with E-state index in [-0.39, 0.29) is 12.0 Å². The first kappa shape index (κ1) is 12.7. The van der Waals surface area contributed by atoms with Crippen LogP contribution in [0, 0.1) is 6.92 Å². The van der Waals surface area contributed by atoms with Gasteiger partial charge >= 0.3 is 0 Å². The second kappa shape index (κ2) is 5.27. The lowest BCUT2D eigenvalue weighted by Gasteiger charge is -2.13. The van der Waals surface area contributed by atoms with Gasteiger partial charge in [0.2, 0.25) is 11.7 Å². The normalized spacial score (nSPS) is 14.4. The molecule has 2 aromatic heterocycles. The molecule has 2 atom stereocenters. The Morgan fingerprint density at radius 1 is 1.44 bits per heavy atom. The van der Waals surface area contributed by atoms with E-state index in [1.807, 2.05) is 32.9 Å². The molecule has 0 amide bonds. The number of nitrogens with two attached hydrogens (primary N) is 1. The van der Waals surface area contributed by atoms with Gasteiger partial charge in [-0.05, 0) is 25.0 Å². The van der Waals surface area contributed by atoms with Gasteiger partial charge in [0.1, 0.15) is 5.69 Å². The summed E-state index contributed by atoms with van der Waals surface area (Å²) in [5.41, 5.74) is 7.76. The molecule has 2 unspecified atom stereocenters. The van der Waals surface area contributed by atoms with Crippen LogP contribution in [-0.2, 0) is 0 Å². The van der Waals surface area contributed by atoms with Crippen LogP contribution in [0.15, 0.2) is 22.9 Å². The van der Waals surface area contributed by atoms with Crippen LogP contribution in [0.2, 0.25) is 0 Å². The van der Waals surface area contributed by atoms with Gasteiger partial charge in [-0.2, -0.15) is 4.98 Å². The monoisotopic (exact) mass is 246 g/mol. The Balaban J connectivity index is 2.29. The molecule has 0 aromatic carbocycles. The molecule has 2 rings (SSSR count). The summed E-state index contributed by atoms with van der Waals surface area (Å²) in [5, 5.41) is 3.98. The molecule has 0 radical (unpaired) electrons. The predicted octanol–water partition coefficient (Wildman–Crippen LogP) is 2.28. The molecule has 0 bridgehead atoms. The molecule has 18 heavy (non-hydrogen) atoms. The van der Waals surface area contributed by atoms with E-state index < -0.39 is 0 Å². The lowest BCUT2D eigenvalue weighted by atomic mass is 10.0. The van der Waals surface area contributed by atoms with Crippen LogP contribution in [0.3, 0.4) is 0 Å². The van der Waals surface area contributed by atoms with Gasteiger partial charge in [-0.25, -0.2) is 0 Å². The van der Waals surface area contributed by atoms with Crippen molar-refractivity contribution in [3.8, 4) is 11.5 Å². The van der Waals surface area contributed by atoms with Crippen LogP contribution in [0.4, 0.5) is 0 Å². The topological polar surface area (TPSA) is 77.8 Å². The van der Waals surface area contributed by atoms with E-state index in [1.165, 1.54) is 0 Å². The van der Waals surface area contributed by atoms with Crippen LogP contribution in [-0.4, -0.2) is 21.2 Å². The van der Waals surface area contributed by atoms with E-state index >= 15 is 0 Å². The number of hydrogen-bond acceptors (Lipinski definition) is 5. The first-order valence-corrected chi connectivity index (χ1v) is 6.14. The number of pyridine rings is 1. The first-order chi connectivity index (χ1) is 8.63. The second-order valence-corrected chi connectivity index (χ2v) is 4.49. The molecule has 2 aromatic rings. The minimum Gasteiger partial charge on any atom is -0.339 e. The largest absolute Gasteiger partial charge is 0.339 e. The molecule has 2 N–H and O–H groups in total. The van der Waals surface area contributed by atoms with E-state index in [9.17, 15) is 0 Å². The molecular formula is C13H18N4O. The highest BCUT2D eigenvalue weighted by Crippen LogP contribution is 2.22. The van der Waals surface area contributed by atoms with Gasteiger partial charge in [0.25, 0.3) is 0 Å². The fourth-order valence-electron chi connectivity index (χ4n) is 1.77. The van der Waals surface area contributed by atoms with E-state index in [0.717, 1.165) is 17.7 Å². The van der Waals surface area contributed by atoms with Crippen LogP contribution in [0.1, 0.15) is 37.6 Å². The number of aryl methyl sites for hydroxylation is 1. The lowest BCUT2D eigenvalue weighted by Crippen LogP contribution is -2.25. The minimum atomic E-state index is 0.0307. The number of rotatable bonds is 4. The minimum absolute atomic E-state index is 0.0307. The Hall–Kier alpha value is -1.75. The van der Waals surface area contributed by atoms with Crippen molar-refractivity contribution >= 4 is 0 Å². The Morgan fingerprint density at radius 3 is 2.89 bits per heavy atom. The fraction of sp³-hybridized carbons (Fsp3) is 0.462. The van der Waals surface area contributed by atoms with Crippen molar-refractivity contribution in [1.29, 1.82) is 0 Å². The van der Waals surface area contributed by atoms with Crippen molar-refractivity contribution in [3.05, 3.63) is 29.8 Å². The number of hydrogen-bond donors (Lipinski definition) is 1. The quantitative estimate of drug-likeness (QED) is 0.895. The van der Waals surface area contributed by atoms with Crippen LogP contribution in [0.5, 0.6) is 0 Å². The average molecular weight is 246 g/mol. The van der Waals surface area contributed by atoms with Gasteiger partial charge in [-0.3, -0.25) is 4.98 Å². The molecule has 0 saturated carbocycles. The first-order valence-electron chi connectivity index (χ1n) is 6.14. The Labute approximate surface area is 106 Å². The summed E-state index contributed by atoms with van der Waals surface area (Å²) in [6.45, 7) is 6.01. The zero-order valence-corrected chi connectivity index (χ0v) is 10.9. The molecule has 5 nitrogen and oxygen atoms in total. The maximum atomic E-state index is 5.98. The van der Waals surface area contributed by atoms with E-state index in [1.54, 1.807) is 6.20 Å². The summed E-state index contributed by atoms with van der Waals surface area (Å²) in [6, 6.07) is 3.89. The highest BCUT2D eigenvalue weighted by molar-refractivity contribution is 5.53. The van der Waals surface area contributed by atoms with E-state index in [0.29, 0.717) is 11.7 Å². The second-order valence-electron chi connectivity index (χ2n) is 4.49. The molecule has 0 aliphatic heterocycles. The third-order valence-electron chi connectivity index (χ3n) is 3.17. The molecule has 5 heteroatoms. The van der Waals surface area contributed by atoms with Gasteiger partial charge in [0.15, 0.2) is 0 Å². The standard InChI is InChI=1S/C13H18N4O/c1-4-10(14)9(3)13-16-12(17-18-13)11-8(2)6-5-7-15-11/h5-7,9-10H,4,14H2,1-3H3. The van der Waals surface area contributed by atoms with Crippen molar-refractivity contribution in [1.82, 2.24) is 15.1 Å². The number of nitrogens with zero attached hydrogens (tertiary/aromatic N) is 3. The van der Waals surface area contributed by atoms with Crippen LogP contribution < -0.4 is 5.73 Å². The molecule has 0 fully saturated rings. The molecule has 0 aliphatic rings. The molecule has 0 saturated heterocycles. The molecule has 0 spiro atoms. The van der Waals surface area contributed by atoms with E-state index in [2.05, 4.69) is 15.1 Å². The third-order valence-corrected chi connectivity index (χ3v) is 3.17. The van der Waals surface area contributed by atoms with Crippen molar-refractivity contribution in [2.24, 2.45) is 5.73 Å². The van der Waals surface area contributed by atoms with Gasteiger partial charge < -0.3 is 10.3 Å². The summed E-state index contributed by atoms with van der Waals surface area (Å²) in [5.74, 6) is 1.16. The molecular weight excluding hydrogens is 228 g/mol. The summed E-state index contributed by atoms with van der Waals surface area (Å²) in [7, 11) is 0. The maximum absolute atomic E-state index is 5.98. The van der Waals surface area contributed by atoms with Crippen LogP contribution in [0.25, 0.3) is 11.5 Å². The smallest absolute Gasteiger partial charge is 0.231 e.